The standard InChI is InChI=1S/C36H48N8O7/c1-21(2)29(33(37)48)39-36(51)32-25-20-23(15-16-27(25)44(42-32)17-9-5-11-19-45)38-34(49)30(22(3)4)40-35(50)31-24-12-6-7-13-26(24)43(41-31)18-10-8-14-28(46)47/h6-7,12-13,15-16,20-22,29-30,45H,5,8-11,14,17-19H2,1-4H3,(H2,37,48)(H,38,49)(H,39,51)(H,40,50)(H,46,47). The van der Waals surface area contributed by atoms with Gasteiger partial charge in [0.1, 0.15) is 12.1 Å². The molecule has 0 aliphatic heterocycles. The van der Waals surface area contributed by atoms with E-state index >= 15 is 0 Å². The van der Waals surface area contributed by atoms with Gasteiger partial charge in [0.25, 0.3) is 11.8 Å². The molecule has 2 aromatic carbocycles. The first-order valence-electron chi connectivity index (χ1n) is 17.3. The van der Waals surface area contributed by atoms with Crippen LogP contribution in [-0.2, 0) is 27.5 Å². The highest BCUT2D eigenvalue weighted by molar-refractivity contribution is 6.09. The lowest BCUT2D eigenvalue weighted by molar-refractivity contribution is -0.137. The molecule has 4 aromatic rings. The molecule has 4 rings (SSSR count). The van der Waals surface area contributed by atoms with E-state index in [1.807, 2.05) is 12.1 Å². The predicted octanol–water partition coefficient (Wildman–Crippen LogP) is 3.44. The average molecular weight is 705 g/mol. The number of carbonyl (C=O) groups is 5. The van der Waals surface area contributed by atoms with Crippen molar-refractivity contribution in [2.75, 3.05) is 11.9 Å². The topological polar surface area (TPSA) is 224 Å². The van der Waals surface area contributed by atoms with E-state index in [-0.39, 0.29) is 36.3 Å². The van der Waals surface area contributed by atoms with Gasteiger partial charge in [-0.1, -0.05) is 45.9 Å². The first-order valence-corrected chi connectivity index (χ1v) is 17.3. The molecule has 2 atom stereocenters. The number of carbonyl (C=O) groups excluding carboxylic acids is 4. The predicted molar refractivity (Wildman–Crippen MR) is 192 cm³/mol. The molecule has 0 radical (unpaired) electrons. The van der Waals surface area contributed by atoms with Gasteiger partial charge in [-0.3, -0.25) is 33.3 Å². The lowest BCUT2D eigenvalue weighted by Gasteiger charge is -2.21. The van der Waals surface area contributed by atoms with Crippen molar-refractivity contribution < 1.29 is 34.2 Å². The Hall–Kier alpha value is -5.31. The van der Waals surface area contributed by atoms with Crippen LogP contribution in [0.15, 0.2) is 42.5 Å². The molecule has 15 nitrogen and oxygen atoms in total. The molecular formula is C36H48N8O7. The number of nitrogens with zero attached hydrogens (tertiary/aromatic N) is 4. The van der Waals surface area contributed by atoms with Gasteiger partial charge in [-0.05, 0) is 68.2 Å². The number of unbranched alkanes of at least 4 members (excludes halogenated alkanes) is 3. The van der Waals surface area contributed by atoms with Crippen molar-refractivity contribution in [2.24, 2.45) is 17.6 Å². The summed E-state index contributed by atoms with van der Waals surface area (Å²) in [6.45, 7) is 8.13. The first kappa shape index (κ1) is 38.5. The molecule has 0 aliphatic rings. The maximum atomic E-state index is 13.7. The number of carboxylic acids is 1. The summed E-state index contributed by atoms with van der Waals surface area (Å²) in [6, 6.07) is 10.4. The third-order valence-corrected chi connectivity index (χ3v) is 8.64. The summed E-state index contributed by atoms with van der Waals surface area (Å²) in [6.07, 6.45) is 3.18. The molecule has 0 fully saturated rings. The van der Waals surface area contributed by atoms with Gasteiger partial charge in [0.2, 0.25) is 11.8 Å². The number of nitrogens with two attached hydrogens (primary N) is 1. The molecule has 15 heteroatoms. The number of hydrogen-bond acceptors (Lipinski definition) is 8. The van der Waals surface area contributed by atoms with Crippen molar-refractivity contribution in [1.82, 2.24) is 30.2 Å². The highest BCUT2D eigenvalue weighted by Crippen LogP contribution is 2.25. The van der Waals surface area contributed by atoms with Crippen molar-refractivity contribution in [1.29, 1.82) is 0 Å². The van der Waals surface area contributed by atoms with Gasteiger partial charge in [0.15, 0.2) is 11.4 Å². The van der Waals surface area contributed by atoms with Crippen molar-refractivity contribution in [3.63, 3.8) is 0 Å². The number of aryl methyl sites for hydroxylation is 2. The van der Waals surface area contributed by atoms with Crippen LogP contribution >= 0.6 is 0 Å². The summed E-state index contributed by atoms with van der Waals surface area (Å²) in [5.41, 5.74) is 7.49. The molecule has 0 aliphatic carbocycles. The largest absolute Gasteiger partial charge is 0.481 e. The van der Waals surface area contributed by atoms with Crippen LogP contribution < -0.4 is 21.7 Å². The van der Waals surface area contributed by atoms with E-state index in [0.717, 1.165) is 11.9 Å². The second kappa shape index (κ2) is 17.6. The number of amides is 4. The molecule has 0 saturated carbocycles. The average Bonchev–Trinajstić information content (AvgIpc) is 3.64. The van der Waals surface area contributed by atoms with E-state index in [4.69, 9.17) is 10.8 Å². The normalized spacial score (nSPS) is 12.7. The number of hydrogen-bond donors (Lipinski definition) is 6. The minimum atomic E-state index is -0.952. The number of aromatic nitrogens is 4. The Kier molecular flexibility index (Phi) is 13.3. The number of primary amides is 1. The van der Waals surface area contributed by atoms with E-state index in [1.54, 1.807) is 67.4 Å². The summed E-state index contributed by atoms with van der Waals surface area (Å²) >= 11 is 0. The van der Waals surface area contributed by atoms with Crippen LogP contribution in [0, 0.1) is 11.8 Å². The zero-order chi connectivity index (χ0) is 37.2. The number of fused-ring (bicyclic) bond motifs is 2. The fraction of sp³-hybridized carbons (Fsp3) is 0.472. The Morgan fingerprint density at radius 2 is 1.31 bits per heavy atom. The number of benzene rings is 2. The maximum absolute atomic E-state index is 13.7. The molecule has 2 heterocycles. The number of aliphatic hydroxyl groups is 1. The number of nitrogens with one attached hydrogen (secondary N) is 3. The van der Waals surface area contributed by atoms with Crippen LogP contribution in [0.25, 0.3) is 21.8 Å². The van der Waals surface area contributed by atoms with Crippen LogP contribution in [0.5, 0.6) is 0 Å². The van der Waals surface area contributed by atoms with Crippen LogP contribution in [0.2, 0.25) is 0 Å². The lowest BCUT2D eigenvalue weighted by atomic mass is 10.0. The van der Waals surface area contributed by atoms with Gasteiger partial charge < -0.3 is 31.9 Å². The second-order valence-electron chi connectivity index (χ2n) is 13.3. The van der Waals surface area contributed by atoms with E-state index in [9.17, 15) is 29.1 Å². The molecular weight excluding hydrogens is 656 g/mol. The van der Waals surface area contributed by atoms with Crippen LogP contribution in [0.1, 0.15) is 87.2 Å². The Morgan fingerprint density at radius 1 is 0.745 bits per heavy atom. The molecule has 2 unspecified atom stereocenters. The van der Waals surface area contributed by atoms with E-state index in [1.165, 1.54) is 0 Å². The molecule has 2 aromatic heterocycles. The molecule has 274 valence electrons. The van der Waals surface area contributed by atoms with E-state index in [2.05, 4.69) is 26.1 Å². The number of para-hydroxylation sites is 1. The molecule has 0 bridgehead atoms. The Morgan fingerprint density at radius 3 is 1.90 bits per heavy atom. The minimum Gasteiger partial charge on any atom is -0.481 e. The van der Waals surface area contributed by atoms with Crippen LogP contribution in [0.3, 0.4) is 0 Å². The van der Waals surface area contributed by atoms with Gasteiger partial charge in [0.05, 0.1) is 11.0 Å². The number of aliphatic carboxylic acids is 1. The monoisotopic (exact) mass is 704 g/mol. The Balaban J connectivity index is 1.57. The Labute approximate surface area is 295 Å². The fourth-order valence-electron chi connectivity index (χ4n) is 5.89. The van der Waals surface area contributed by atoms with E-state index in [0.29, 0.717) is 60.7 Å². The van der Waals surface area contributed by atoms with Crippen LogP contribution in [0.4, 0.5) is 5.69 Å². The van der Waals surface area contributed by atoms with Gasteiger partial charge in [-0.2, -0.15) is 10.2 Å². The molecule has 0 saturated heterocycles. The number of aliphatic hydroxyl groups excluding tert-OH is 1. The summed E-state index contributed by atoms with van der Waals surface area (Å²) < 4.78 is 3.37. The van der Waals surface area contributed by atoms with Crippen molar-refractivity contribution in [2.45, 2.75) is 91.4 Å². The summed E-state index contributed by atoms with van der Waals surface area (Å²) in [4.78, 5) is 63.8. The number of anilines is 1. The molecule has 4 amide bonds. The summed E-state index contributed by atoms with van der Waals surface area (Å²) in [5.74, 6) is -3.71. The minimum absolute atomic E-state index is 0.0425. The molecule has 7 N–H and O–H groups in total. The first-order chi connectivity index (χ1) is 24.3. The highest BCUT2D eigenvalue weighted by atomic mass is 16.4. The summed E-state index contributed by atoms with van der Waals surface area (Å²) in [5, 5.41) is 36.7. The lowest BCUT2D eigenvalue weighted by Crippen LogP contribution is -2.47. The van der Waals surface area contributed by atoms with Gasteiger partial charge in [-0.15, -0.1) is 0 Å². The Bertz CT molecular complexity index is 1880. The van der Waals surface area contributed by atoms with Crippen molar-refractivity contribution in [3.05, 3.63) is 53.9 Å². The quantitative estimate of drug-likeness (QED) is 0.0786. The maximum Gasteiger partial charge on any atom is 0.303 e. The van der Waals surface area contributed by atoms with Crippen molar-refractivity contribution >= 4 is 57.1 Å². The highest BCUT2D eigenvalue weighted by Gasteiger charge is 2.29. The van der Waals surface area contributed by atoms with E-state index < -0.39 is 41.7 Å². The van der Waals surface area contributed by atoms with Crippen LogP contribution in [-0.4, -0.2) is 78.1 Å². The zero-order valence-electron chi connectivity index (χ0n) is 29.5. The summed E-state index contributed by atoms with van der Waals surface area (Å²) in [7, 11) is 0. The zero-order valence-corrected chi connectivity index (χ0v) is 29.5. The third kappa shape index (κ3) is 9.69. The van der Waals surface area contributed by atoms with Crippen molar-refractivity contribution in [3.8, 4) is 0 Å². The SMILES string of the molecule is CC(C)C(NC(=O)c1nn(CCCCCO)c2ccc(NC(=O)C(NC(=O)c3nn(CCCCC(=O)O)c4ccccc34)C(C)C)cc12)C(N)=O. The van der Waals surface area contributed by atoms with Gasteiger partial charge in [-0.25, -0.2) is 0 Å². The fourth-order valence-corrected chi connectivity index (χ4v) is 5.89. The smallest absolute Gasteiger partial charge is 0.303 e. The number of rotatable bonds is 19. The van der Waals surface area contributed by atoms with Gasteiger partial charge in [0, 0.05) is 42.6 Å². The second-order valence-corrected chi connectivity index (χ2v) is 13.3. The molecule has 0 spiro atoms. The third-order valence-electron chi connectivity index (χ3n) is 8.64. The number of carboxylic acid groups (broad SMARTS) is 1. The van der Waals surface area contributed by atoms with Gasteiger partial charge >= 0.3 is 5.97 Å². The molecule has 51 heavy (non-hydrogen) atoms.